The van der Waals surface area contributed by atoms with Crippen LogP contribution in [0.1, 0.15) is 33.6 Å². The summed E-state index contributed by atoms with van der Waals surface area (Å²) in [7, 11) is 0. The van der Waals surface area contributed by atoms with E-state index < -0.39 is 0 Å². The maximum absolute atomic E-state index is 5.84. The molecular weight excluding hydrogens is 260 g/mol. The van der Waals surface area contributed by atoms with Gasteiger partial charge in [-0.05, 0) is 58.2 Å². The van der Waals surface area contributed by atoms with E-state index in [0.717, 1.165) is 11.5 Å². The fourth-order valence-electron chi connectivity index (χ4n) is 2.31. The first-order valence-corrected chi connectivity index (χ1v) is 7.75. The largest absolute Gasteiger partial charge is 0.484 e. The van der Waals surface area contributed by atoms with E-state index in [0.29, 0.717) is 17.6 Å². The van der Waals surface area contributed by atoms with Crippen molar-refractivity contribution >= 4 is 22.4 Å². The third kappa shape index (κ3) is 3.73. The maximum Gasteiger partial charge on any atom is 0.197 e. The Morgan fingerprint density at radius 1 is 1.37 bits per heavy atom. The van der Waals surface area contributed by atoms with Gasteiger partial charge in [0, 0.05) is 12.6 Å². The summed E-state index contributed by atoms with van der Waals surface area (Å²) in [4.78, 5) is 2.51. The van der Waals surface area contributed by atoms with Crippen LogP contribution in [0.15, 0.2) is 0 Å². The van der Waals surface area contributed by atoms with Gasteiger partial charge in [-0.15, -0.1) is 0 Å². The summed E-state index contributed by atoms with van der Waals surface area (Å²) in [5.41, 5.74) is 5.84. The second-order valence-corrected chi connectivity index (χ2v) is 6.14. The van der Waals surface area contributed by atoms with E-state index in [4.69, 9.17) is 10.5 Å². The molecular formula is C13H24N4OS. The van der Waals surface area contributed by atoms with Crippen molar-refractivity contribution in [1.82, 2.24) is 9.27 Å². The molecule has 5 nitrogen and oxygen atoms in total. The maximum atomic E-state index is 5.84. The molecule has 0 saturated carbocycles. The summed E-state index contributed by atoms with van der Waals surface area (Å²) in [6.07, 6.45) is 2.74. The topological polar surface area (TPSA) is 63.4 Å². The van der Waals surface area contributed by atoms with Gasteiger partial charge in [0.25, 0.3) is 0 Å². The average molecular weight is 284 g/mol. The summed E-state index contributed by atoms with van der Waals surface area (Å²) in [6, 6.07) is 0.526. The minimum absolute atomic E-state index is 0.107. The van der Waals surface area contributed by atoms with Crippen molar-refractivity contribution in [1.29, 1.82) is 0 Å². The normalized spacial score (nSPS) is 17.9. The van der Waals surface area contributed by atoms with Crippen LogP contribution >= 0.6 is 11.5 Å². The van der Waals surface area contributed by atoms with Crippen LogP contribution in [0.5, 0.6) is 5.75 Å². The van der Waals surface area contributed by atoms with Gasteiger partial charge in [-0.2, -0.15) is 4.37 Å². The lowest BCUT2D eigenvalue weighted by Gasteiger charge is -2.24. The molecule has 2 rings (SSSR count). The lowest BCUT2D eigenvalue weighted by molar-refractivity contribution is 0.244. The van der Waals surface area contributed by atoms with Crippen molar-refractivity contribution in [3.05, 3.63) is 0 Å². The molecule has 1 atom stereocenters. The van der Waals surface area contributed by atoms with Gasteiger partial charge in [0.05, 0.1) is 6.10 Å². The second-order valence-electron chi connectivity index (χ2n) is 5.37. The number of nitrogens with one attached hydrogen (secondary N) is 1. The third-order valence-electron chi connectivity index (χ3n) is 3.35. The third-order valence-corrected chi connectivity index (χ3v) is 4.15. The van der Waals surface area contributed by atoms with Crippen LogP contribution in [-0.4, -0.2) is 41.1 Å². The smallest absolute Gasteiger partial charge is 0.197 e. The van der Waals surface area contributed by atoms with Gasteiger partial charge >= 0.3 is 0 Å². The lowest BCUT2D eigenvalue weighted by Crippen LogP contribution is -2.35. The SMILES string of the molecule is CC(C)Oc1c(N)nsc1NCC(C)N1CCCC1. The average Bonchev–Trinajstić information content (AvgIpc) is 2.98. The molecule has 0 bridgehead atoms. The number of ether oxygens (including phenoxy) is 1. The van der Waals surface area contributed by atoms with E-state index in [2.05, 4.69) is 21.5 Å². The summed E-state index contributed by atoms with van der Waals surface area (Å²) < 4.78 is 9.88. The number of rotatable bonds is 6. The molecule has 1 aliphatic rings. The van der Waals surface area contributed by atoms with E-state index >= 15 is 0 Å². The lowest BCUT2D eigenvalue weighted by atomic mass is 10.3. The summed E-state index contributed by atoms with van der Waals surface area (Å²) in [5.74, 6) is 1.18. The fraction of sp³-hybridized carbons (Fsp3) is 0.769. The van der Waals surface area contributed by atoms with Gasteiger partial charge in [0.15, 0.2) is 16.6 Å². The molecule has 1 aromatic rings. The standard InChI is InChI=1S/C13H24N4OS/c1-9(2)18-11-12(14)16-19-13(11)15-8-10(3)17-6-4-5-7-17/h9-10,15H,4-8H2,1-3H3,(H2,14,16). The van der Waals surface area contributed by atoms with Crippen LogP contribution in [0.25, 0.3) is 0 Å². The molecule has 6 heteroatoms. The van der Waals surface area contributed by atoms with Gasteiger partial charge in [-0.3, -0.25) is 4.90 Å². The zero-order valence-electron chi connectivity index (χ0n) is 12.0. The number of aromatic nitrogens is 1. The highest BCUT2D eigenvalue weighted by atomic mass is 32.1. The van der Waals surface area contributed by atoms with Gasteiger partial charge in [0.2, 0.25) is 0 Å². The molecule has 0 radical (unpaired) electrons. The molecule has 0 spiro atoms. The first-order valence-electron chi connectivity index (χ1n) is 6.97. The van der Waals surface area contributed by atoms with Crippen LogP contribution in [0.2, 0.25) is 0 Å². The highest BCUT2D eigenvalue weighted by molar-refractivity contribution is 7.11. The zero-order valence-corrected chi connectivity index (χ0v) is 12.8. The molecule has 0 aromatic carbocycles. The van der Waals surface area contributed by atoms with E-state index in [1.54, 1.807) is 0 Å². The monoisotopic (exact) mass is 284 g/mol. The number of anilines is 2. The number of nitrogens with two attached hydrogens (primary N) is 1. The minimum atomic E-state index is 0.107. The number of nitrogen functional groups attached to an aromatic ring is 1. The first kappa shape index (κ1) is 14.4. The van der Waals surface area contributed by atoms with Crippen molar-refractivity contribution in [2.24, 2.45) is 0 Å². The number of nitrogens with zero attached hydrogens (tertiary/aromatic N) is 2. The van der Waals surface area contributed by atoms with E-state index in [1.807, 2.05) is 13.8 Å². The van der Waals surface area contributed by atoms with Crippen molar-refractivity contribution in [2.45, 2.75) is 45.8 Å². The molecule has 1 saturated heterocycles. The Balaban J connectivity index is 1.91. The number of likely N-dealkylation sites (tertiary alicyclic amines) is 1. The Labute approximate surface area is 119 Å². The van der Waals surface area contributed by atoms with E-state index in [-0.39, 0.29) is 6.10 Å². The molecule has 1 aliphatic heterocycles. The molecule has 3 N–H and O–H groups in total. The molecule has 19 heavy (non-hydrogen) atoms. The summed E-state index contributed by atoms with van der Waals surface area (Å²) >= 11 is 1.37. The molecule has 1 unspecified atom stereocenters. The summed E-state index contributed by atoms with van der Waals surface area (Å²) in [5, 5.41) is 4.37. The van der Waals surface area contributed by atoms with Crippen LogP contribution < -0.4 is 15.8 Å². The van der Waals surface area contributed by atoms with Crippen LogP contribution in [-0.2, 0) is 0 Å². The predicted molar refractivity (Wildman–Crippen MR) is 81.0 cm³/mol. The van der Waals surface area contributed by atoms with E-state index in [9.17, 15) is 0 Å². The van der Waals surface area contributed by atoms with Crippen molar-refractivity contribution in [3.63, 3.8) is 0 Å². The van der Waals surface area contributed by atoms with Gasteiger partial charge in [-0.1, -0.05) is 0 Å². The Hall–Kier alpha value is -1.01. The van der Waals surface area contributed by atoms with E-state index in [1.165, 1.54) is 37.5 Å². The molecule has 0 aliphatic carbocycles. The van der Waals surface area contributed by atoms with Crippen molar-refractivity contribution < 1.29 is 4.74 Å². The zero-order chi connectivity index (χ0) is 13.8. The Morgan fingerprint density at radius 2 is 2.05 bits per heavy atom. The number of hydrogen-bond donors (Lipinski definition) is 2. The van der Waals surface area contributed by atoms with Crippen molar-refractivity contribution in [2.75, 3.05) is 30.7 Å². The van der Waals surface area contributed by atoms with Crippen molar-refractivity contribution in [3.8, 4) is 5.75 Å². The highest BCUT2D eigenvalue weighted by Crippen LogP contribution is 2.35. The fourth-order valence-corrected chi connectivity index (χ4v) is 2.96. The minimum Gasteiger partial charge on any atom is -0.484 e. The molecule has 2 heterocycles. The Kier molecular flexibility index (Phi) is 4.87. The van der Waals surface area contributed by atoms with Crippen LogP contribution in [0.4, 0.5) is 10.8 Å². The predicted octanol–water partition coefficient (Wildman–Crippen LogP) is 2.41. The Morgan fingerprint density at radius 3 is 2.68 bits per heavy atom. The quantitative estimate of drug-likeness (QED) is 0.840. The van der Waals surface area contributed by atoms with Gasteiger partial charge in [0.1, 0.15) is 0 Å². The highest BCUT2D eigenvalue weighted by Gasteiger charge is 2.19. The van der Waals surface area contributed by atoms with Crippen LogP contribution in [0.3, 0.4) is 0 Å². The molecule has 0 amide bonds. The number of hydrogen-bond acceptors (Lipinski definition) is 6. The second kappa shape index (κ2) is 6.43. The van der Waals surface area contributed by atoms with Crippen LogP contribution in [0, 0.1) is 0 Å². The molecule has 108 valence electrons. The van der Waals surface area contributed by atoms with Gasteiger partial charge in [-0.25, -0.2) is 0 Å². The summed E-state index contributed by atoms with van der Waals surface area (Å²) in [6.45, 7) is 9.56. The molecule has 1 fully saturated rings. The first-order chi connectivity index (χ1) is 9.08. The molecule has 1 aromatic heterocycles. The Bertz CT molecular complexity index is 401. The van der Waals surface area contributed by atoms with Gasteiger partial charge < -0.3 is 15.8 Å².